The highest BCUT2D eigenvalue weighted by Gasteiger charge is 2.30. The molecule has 11 heteroatoms. The smallest absolute Gasteiger partial charge is 0.308 e. The number of esters is 1. The van der Waals surface area contributed by atoms with Crippen molar-refractivity contribution in [1.82, 2.24) is 0 Å². The van der Waals surface area contributed by atoms with E-state index in [2.05, 4.69) is 20.4 Å². The molecule has 0 atom stereocenters. The van der Waals surface area contributed by atoms with Gasteiger partial charge in [0.2, 0.25) is 0 Å². The van der Waals surface area contributed by atoms with Gasteiger partial charge in [0.25, 0.3) is 20.2 Å². The minimum Gasteiger partial charge on any atom is -0.455 e. The number of hydrogen-bond acceptors (Lipinski definition) is 7. The summed E-state index contributed by atoms with van der Waals surface area (Å²) >= 11 is 0. The minimum atomic E-state index is -4.99. The molecule has 0 saturated carbocycles. The van der Waals surface area contributed by atoms with Crippen molar-refractivity contribution in [3.05, 3.63) is 87.3 Å². The normalized spacial score (nSPS) is 12.9. The van der Waals surface area contributed by atoms with Gasteiger partial charge in [-0.3, -0.25) is 13.9 Å². The van der Waals surface area contributed by atoms with Crippen molar-refractivity contribution in [2.45, 2.75) is 69.1 Å². The number of fused-ring (bicyclic) bond motifs is 4. The number of carbonyl (C=O) groups is 1. The lowest BCUT2D eigenvalue weighted by atomic mass is 9.87. The van der Waals surface area contributed by atoms with E-state index in [1.54, 1.807) is 30.3 Å². The molecule has 1 aliphatic heterocycles. The predicted molar refractivity (Wildman–Crippen MR) is 171 cm³/mol. The fourth-order valence-electron chi connectivity index (χ4n) is 5.77. The van der Waals surface area contributed by atoms with Crippen LogP contribution in [-0.4, -0.2) is 31.9 Å². The molecule has 45 heavy (non-hydrogen) atoms. The summed E-state index contributed by atoms with van der Waals surface area (Å²) in [6.07, 6.45) is 4.97. The van der Waals surface area contributed by atoms with Gasteiger partial charge in [0, 0.05) is 39.8 Å². The summed E-state index contributed by atoms with van der Waals surface area (Å²) < 4.78 is 81.6. The molecule has 1 aliphatic rings. The Bertz CT molecular complexity index is 2190. The van der Waals surface area contributed by atoms with Crippen LogP contribution >= 0.6 is 0 Å². The van der Waals surface area contributed by atoms with Crippen LogP contribution in [0.4, 0.5) is 0 Å². The van der Waals surface area contributed by atoms with E-state index in [0.717, 1.165) is 60.6 Å². The molecule has 5 rings (SSSR count). The van der Waals surface area contributed by atoms with Crippen LogP contribution in [0.15, 0.2) is 64.4 Å². The van der Waals surface area contributed by atoms with Crippen molar-refractivity contribution >= 4 is 49.1 Å². The van der Waals surface area contributed by atoms with E-state index in [1.165, 1.54) is 13.0 Å². The summed E-state index contributed by atoms with van der Waals surface area (Å²) in [5, 5.41) is 2.76. The second kappa shape index (κ2) is 12.4. The number of benzene rings is 4. The maximum atomic E-state index is 12.8. The van der Waals surface area contributed by atoms with Gasteiger partial charge in [-0.05, 0) is 84.3 Å². The van der Waals surface area contributed by atoms with Gasteiger partial charge in [-0.1, -0.05) is 45.4 Å². The first-order chi connectivity index (χ1) is 21.2. The minimum absolute atomic E-state index is 0.0336. The Labute approximate surface area is 262 Å². The molecule has 9 nitrogen and oxygen atoms in total. The lowest BCUT2D eigenvalue weighted by molar-refractivity contribution is -0.131. The molecule has 0 spiro atoms. The maximum Gasteiger partial charge on any atom is 0.308 e. The van der Waals surface area contributed by atoms with E-state index in [-0.39, 0.29) is 5.56 Å². The van der Waals surface area contributed by atoms with Crippen LogP contribution in [0.5, 0.6) is 17.2 Å². The lowest BCUT2D eigenvalue weighted by Crippen LogP contribution is -2.27. The molecule has 0 aromatic heterocycles. The van der Waals surface area contributed by atoms with E-state index in [4.69, 9.17) is 9.47 Å². The van der Waals surface area contributed by atoms with Crippen molar-refractivity contribution in [2.24, 2.45) is 0 Å². The van der Waals surface area contributed by atoms with Crippen LogP contribution in [-0.2, 0) is 37.9 Å². The first-order valence-electron chi connectivity index (χ1n) is 14.6. The monoisotopic (exact) mass is 650 g/mol. The van der Waals surface area contributed by atoms with Gasteiger partial charge in [-0.2, -0.15) is 16.8 Å². The molecule has 0 unspecified atom stereocenters. The Morgan fingerprint density at radius 3 is 2.18 bits per heavy atom. The first kappa shape index (κ1) is 32.4. The van der Waals surface area contributed by atoms with Gasteiger partial charge in [0.05, 0.1) is 4.90 Å². The van der Waals surface area contributed by atoms with Crippen molar-refractivity contribution in [3.8, 4) is 17.2 Å². The zero-order chi connectivity index (χ0) is 32.7. The quantitative estimate of drug-likeness (QED) is 0.110. The van der Waals surface area contributed by atoms with Crippen LogP contribution in [0.2, 0.25) is 0 Å². The van der Waals surface area contributed by atoms with Crippen molar-refractivity contribution < 1.29 is 40.2 Å². The molecule has 0 saturated heterocycles. The maximum absolute atomic E-state index is 12.8. The fraction of sp³-hybridized carbons (Fsp3) is 0.265. The van der Waals surface area contributed by atoms with Gasteiger partial charge in [-0.25, -0.2) is 0 Å². The third-order valence-corrected chi connectivity index (χ3v) is 9.66. The Morgan fingerprint density at radius 2 is 1.53 bits per heavy atom. The van der Waals surface area contributed by atoms with Crippen LogP contribution in [0, 0.1) is 0 Å². The second-order valence-corrected chi connectivity index (χ2v) is 13.9. The molecule has 4 aromatic carbocycles. The van der Waals surface area contributed by atoms with Crippen LogP contribution in [0.1, 0.15) is 68.7 Å². The van der Waals surface area contributed by atoms with Gasteiger partial charge in [0.15, 0.2) is 0 Å². The zero-order valence-electron chi connectivity index (χ0n) is 25.2. The highest BCUT2D eigenvalue weighted by molar-refractivity contribution is 7.86. The molecule has 2 N–H and O–H groups in total. The topological polar surface area (TPSA) is 144 Å². The molecule has 0 aliphatic carbocycles. The summed E-state index contributed by atoms with van der Waals surface area (Å²) in [5.41, 5.74) is 2.79. The Morgan fingerprint density at radius 1 is 0.844 bits per heavy atom. The van der Waals surface area contributed by atoms with Gasteiger partial charge < -0.3 is 9.47 Å². The SMILES string of the molecule is C=c1c(CCCC)cc2c(c1CCCC)Oc1c(ccc3cc(OC(C)=O)ccc13)C=2c1ccc(S(=O)(=O)O)cc1S(=O)(=O)O. The van der Waals surface area contributed by atoms with E-state index in [1.807, 2.05) is 6.07 Å². The highest BCUT2D eigenvalue weighted by atomic mass is 32.2. The van der Waals surface area contributed by atoms with E-state index in [9.17, 15) is 30.7 Å². The number of ether oxygens (including phenoxy) is 2. The second-order valence-electron chi connectivity index (χ2n) is 11.1. The van der Waals surface area contributed by atoms with Gasteiger partial charge >= 0.3 is 5.97 Å². The Kier molecular flexibility index (Phi) is 8.92. The number of carbonyl (C=O) groups excluding carboxylic acids is 1. The Hall–Kier alpha value is -4.03. The third kappa shape index (κ3) is 6.39. The average molecular weight is 651 g/mol. The predicted octanol–water partition coefficient (Wildman–Crippen LogP) is 5.71. The Balaban J connectivity index is 1.96. The number of unbranched alkanes of at least 4 members (excludes halogenated alkanes) is 2. The molecular formula is C34H34O9S2. The molecule has 236 valence electrons. The van der Waals surface area contributed by atoms with Gasteiger partial charge in [-0.15, -0.1) is 0 Å². The van der Waals surface area contributed by atoms with E-state index >= 15 is 0 Å². The van der Waals surface area contributed by atoms with Crippen LogP contribution in [0.3, 0.4) is 0 Å². The summed E-state index contributed by atoms with van der Waals surface area (Å²) in [5.74, 6) is 0.770. The molecule has 1 heterocycles. The number of rotatable bonds is 10. The summed E-state index contributed by atoms with van der Waals surface area (Å²) in [7, 11) is -9.77. The van der Waals surface area contributed by atoms with Crippen molar-refractivity contribution in [2.75, 3.05) is 0 Å². The summed E-state index contributed by atoms with van der Waals surface area (Å²) in [6, 6.07) is 13.6. The van der Waals surface area contributed by atoms with Gasteiger partial charge in [0.1, 0.15) is 22.1 Å². The van der Waals surface area contributed by atoms with E-state index < -0.39 is 36.0 Å². The molecule has 0 fully saturated rings. The van der Waals surface area contributed by atoms with Crippen molar-refractivity contribution in [1.29, 1.82) is 0 Å². The zero-order valence-corrected chi connectivity index (χ0v) is 26.8. The third-order valence-electron chi connectivity index (χ3n) is 7.91. The summed E-state index contributed by atoms with van der Waals surface area (Å²) in [6.45, 7) is 9.89. The standard InChI is InChI=1S/C34H34O9S2/c1-5-7-9-22-18-30-32(28-16-13-25(44(36,37)38)19-31(28)45(39,40)41)29-14-11-23-17-24(42-21(4)35)12-15-27(23)34(29)43-33(30)26(20(22)3)10-8-6-2/h11-19H,3,5-10H2,1-2,4H3,(H,36,37,38)(H,39,40,41). The van der Waals surface area contributed by atoms with Crippen LogP contribution in [0.25, 0.3) is 22.9 Å². The van der Waals surface area contributed by atoms with Crippen LogP contribution < -0.4 is 19.9 Å². The number of aryl methyl sites for hydroxylation is 1. The van der Waals surface area contributed by atoms with Crippen molar-refractivity contribution in [3.63, 3.8) is 0 Å². The highest BCUT2D eigenvalue weighted by Crippen LogP contribution is 2.44. The largest absolute Gasteiger partial charge is 0.455 e. The fourth-order valence-corrected chi connectivity index (χ4v) is 7.07. The average Bonchev–Trinajstić information content (AvgIpc) is 2.97. The number of hydrogen-bond donors (Lipinski definition) is 2. The first-order valence-corrected chi connectivity index (χ1v) is 17.5. The van der Waals surface area contributed by atoms with E-state index in [0.29, 0.717) is 50.8 Å². The molecule has 0 amide bonds. The molecule has 0 radical (unpaired) electrons. The summed E-state index contributed by atoms with van der Waals surface area (Å²) in [4.78, 5) is 10.2. The molecule has 4 aromatic rings. The molecular weight excluding hydrogens is 616 g/mol. The molecule has 0 bridgehead atoms. The lowest BCUT2D eigenvalue weighted by Gasteiger charge is -2.26.